The molecule has 1 atom stereocenters. The second kappa shape index (κ2) is 5.89. The number of hydrogen-bond donors (Lipinski definition) is 1. The minimum atomic E-state index is 0.265. The van der Waals surface area contributed by atoms with Gasteiger partial charge in [0.05, 0.1) is 0 Å². The smallest absolute Gasteiger partial charge is 0.0120 e. The minimum Gasteiger partial charge on any atom is -0.312 e. The van der Waals surface area contributed by atoms with Crippen molar-refractivity contribution >= 4 is 0 Å². The van der Waals surface area contributed by atoms with Crippen LogP contribution in [0, 0.1) is 5.92 Å². The molecule has 2 rings (SSSR count). The molecule has 0 amide bonds. The molecule has 0 saturated carbocycles. The van der Waals surface area contributed by atoms with Crippen LogP contribution in [0.15, 0.2) is 0 Å². The summed E-state index contributed by atoms with van der Waals surface area (Å²) in [5, 5.41) is 3.66. The minimum absolute atomic E-state index is 0.265. The van der Waals surface area contributed by atoms with Gasteiger partial charge < -0.3 is 10.2 Å². The third-order valence-corrected chi connectivity index (χ3v) is 4.44. The van der Waals surface area contributed by atoms with Crippen LogP contribution in [-0.2, 0) is 0 Å². The fraction of sp³-hybridized carbons (Fsp3) is 1.00. The molecule has 0 aromatic heterocycles. The molecule has 18 heavy (non-hydrogen) atoms. The Kier molecular flexibility index (Phi) is 4.68. The van der Waals surface area contributed by atoms with E-state index in [4.69, 9.17) is 0 Å². The van der Waals surface area contributed by atoms with Crippen molar-refractivity contribution in [1.29, 1.82) is 0 Å². The number of likely N-dealkylation sites (tertiary alicyclic amines) is 2. The van der Waals surface area contributed by atoms with Gasteiger partial charge in [0.25, 0.3) is 0 Å². The zero-order chi connectivity index (χ0) is 13.2. The summed E-state index contributed by atoms with van der Waals surface area (Å²) in [6.07, 6.45) is 4.13. The molecule has 0 aliphatic carbocycles. The highest BCUT2D eigenvalue weighted by Crippen LogP contribution is 2.24. The van der Waals surface area contributed by atoms with Crippen molar-refractivity contribution in [2.75, 3.05) is 39.8 Å². The van der Waals surface area contributed by atoms with Crippen LogP contribution < -0.4 is 5.32 Å². The third kappa shape index (κ3) is 4.22. The summed E-state index contributed by atoms with van der Waals surface area (Å²) in [6, 6.07) is 0.862. The zero-order valence-electron chi connectivity index (χ0n) is 12.7. The van der Waals surface area contributed by atoms with E-state index in [2.05, 4.69) is 42.9 Å². The summed E-state index contributed by atoms with van der Waals surface area (Å²) < 4.78 is 0. The Balaban J connectivity index is 1.71. The maximum Gasteiger partial charge on any atom is 0.0120 e. The molecular weight excluding hydrogens is 222 g/mol. The molecule has 0 radical (unpaired) electrons. The molecule has 2 aliphatic heterocycles. The lowest BCUT2D eigenvalue weighted by Crippen LogP contribution is -2.43. The lowest BCUT2D eigenvalue weighted by molar-refractivity contribution is 0.139. The lowest BCUT2D eigenvalue weighted by atomic mass is 10.0. The van der Waals surface area contributed by atoms with Gasteiger partial charge in [0.1, 0.15) is 0 Å². The van der Waals surface area contributed by atoms with Gasteiger partial charge in [-0.2, -0.15) is 0 Å². The van der Waals surface area contributed by atoms with Crippen LogP contribution in [0.25, 0.3) is 0 Å². The fourth-order valence-corrected chi connectivity index (χ4v) is 3.17. The van der Waals surface area contributed by atoms with Crippen LogP contribution in [0.1, 0.15) is 40.0 Å². The van der Waals surface area contributed by atoms with Gasteiger partial charge in [-0.1, -0.05) is 0 Å². The fourth-order valence-electron chi connectivity index (χ4n) is 3.17. The number of piperidine rings is 1. The van der Waals surface area contributed by atoms with Crippen molar-refractivity contribution < 1.29 is 0 Å². The van der Waals surface area contributed by atoms with Crippen LogP contribution >= 0.6 is 0 Å². The van der Waals surface area contributed by atoms with Crippen LogP contribution in [0.4, 0.5) is 0 Å². The van der Waals surface area contributed by atoms with Gasteiger partial charge in [-0.25, -0.2) is 0 Å². The predicted octanol–water partition coefficient (Wildman–Crippen LogP) is 1.79. The Morgan fingerprint density at radius 3 is 2.33 bits per heavy atom. The molecule has 2 heterocycles. The number of nitrogens with one attached hydrogen (secondary N) is 1. The van der Waals surface area contributed by atoms with E-state index in [1.807, 2.05) is 0 Å². The predicted molar refractivity (Wildman–Crippen MR) is 78.0 cm³/mol. The quantitative estimate of drug-likeness (QED) is 0.827. The average molecular weight is 253 g/mol. The zero-order valence-corrected chi connectivity index (χ0v) is 12.7. The average Bonchev–Trinajstić information content (AvgIpc) is 2.75. The molecule has 2 fully saturated rings. The molecule has 0 spiro atoms. The third-order valence-electron chi connectivity index (χ3n) is 4.44. The highest BCUT2D eigenvalue weighted by atomic mass is 15.2. The van der Waals surface area contributed by atoms with Gasteiger partial charge in [-0.3, -0.25) is 4.90 Å². The molecule has 1 unspecified atom stereocenters. The second-order valence-corrected chi connectivity index (χ2v) is 7.31. The molecule has 0 aromatic rings. The molecule has 106 valence electrons. The SMILES string of the molecule is CN1CCC(N2CCC(CNC(C)(C)C)C2)CC1. The second-order valence-electron chi connectivity index (χ2n) is 7.31. The van der Waals surface area contributed by atoms with E-state index in [1.165, 1.54) is 52.0 Å². The Labute approximate surface area is 113 Å². The topological polar surface area (TPSA) is 18.5 Å². The molecule has 0 bridgehead atoms. The molecule has 2 aliphatic rings. The molecule has 3 heteroatoms. The van der Waals surface area contributed by atoms with Gasteiger partial charge in [-0.05, 0) is 79.2 Å². The Hall–Kier alpha value is -0.120. The van der Waals surface area contributed by atoms with Crippen molar-refractivity contribution in [2.45, 2.75) is 51.6 Å². The summed E-state index contributed by atoms with van der Waals surface area (Å²) >= 11 is 0. The summed E-state index contributed by atoms with van der Waals surface area (Å²) in [5.74, 6) is 0.865. The van der Waals surface area contributed by atoms with E-state index < -0.39 is 0 Å². The van der Waals surface area contributed by atoms with E-state index >= 15 is 0 Å². The largest absolute Gasteiger partial charge is 0.312 e. The van der Waals surface area contributed by atoms with Gasteiger partial charge in [-0.15, -0.1) is 0 Å². The molecule has 3 nitrogen and oxygen atoms in total. The van der Waals surface area contributed by atoms with Crippen molar-refractivity contribution in [3.05, 3.63) is 0 Å². The van der Waals surface area contributed by atoms with E-state index in [-0.39, 0.29) is 5.54 Å². The lowest BCUT2D eigenvalue weighted by Gasteiger charge is -2.35. The van der Waals surface area contributed by atoms with Gasteiger partial charge in [0, 0.05) is 18.1 Å². The summed E-state index contributed by atoms with van der Waals surface area (Å²) in [6.45, 7) is 13.2. The van der Waals surface area contributed by atoms with E-state index in [1.54, 1.807) is 0 Å². The van der Waals surface area contributed by atoms with Crippen LogP contribution in [-0.4, -0.2) is 61.2 Å². The van der Waals surface area contributed by atoms with Crippen molar-refractivity contribution in [1.82, 2.24) is 15.1 Å². The first-order valence-electron chi connectivity index (χ1n) is 7.62. The number of hydrogen-bond acceptors (Lipinski definition) is 3. The summed E-state index contributed by atoms with van der Waals surface area (Å²) in [5.41, 5.74) is 0.265. The molecular formula is C15H31N3. The first-order valence-corrected chi connectivity index (χ1v) is 7.62. The van der Waals surface area contributed by atoms with Crippen molar-refractivity contribution in [3.8, 4) is 0 Å². The van der Waals surface area contributed by atoms with Crippen LogP contribution in [0.2, 0.25) is 0 Å². The molecule has 0 aromatic carbocycles. The van der Waals surface area contributed by atoms with Gasteiger partial charge in [0.15, 0.2) is 0 Å². The van der Waals surface area contributed by atoms with Gasteiger partial charge in [0.2, 0.25) is 0 Å². The Morgan fingerprint density at radius 1 is 1.06 bits per heavy atom. The monoisotopic (exact) mass is 253 g/mol. The first-order chi connectivity index (χ1) is 8.44. The standard InChI is InChI=1S/C15H31N3/c1-15(2,3)16-11-13-5-10-18(12-13)14-6-8-17(4)9-7-14/h13-14,16H,5-12H2,1-4H3. The van der Waals surface area contributed by atoms with Crippen molar-refractivity contribution in [2.24, 2.45) is 5.92 Å². The highest BCUT2D eigenvalue weighted by Gasteiger charge is 2.30. The normalized spacial score (nSPS) is 29.0. The van der Waals surface area contributed by atoms with E-state index in [0.717, 1.165) is 12.0 Å². The van der Waals surface area contributed by atoms with Crippen molar-refractivity contribution in [3.63, 3.8) is 0 Å². The maximum absolute atomic E-state index is 3.66. The number of nitrogens with zero attached hydrogens (tertiary/aromatic N) is 2. The highest BCUT2D eigenvalue weighted by molar-refractivity contribution is 4.86. The first kappa shape index (κ1) is 14.3. The Bertz CT molecular complexity index is 251. The molecule has 1 N–H and O–H groups in total. The Morgan fingerprint density at radius 2 is 1.72 bits per heavy atom. The van der Waals surface area contributed by atoms with Crippen LogP contribution in [0.5, 0.6) is 0 Å². The van der Waals surface area contributed by atoms with E-state index in [9.17, 15) is 0 Å². The van der Waals surface area contributed by atoms with Gasteiger partial charge >= 0.3 is 0 Å². The summed E-state index contributed by atoms with van der Waals surface area (Å²) in [4.78, 5) is 5.22. The van der Waals surface area contributed by atoms with Crippen LogP contribution in [0.3, 0.4) is 0 Å². The molecule has 2 saturated heterocycles. The maximum atomic E-state index is 3.66. The summed E-state index contributed by atoms with van der Waals surface area (Å²) in [7, 11) is 2.25. The number of rotatable bonds is 3. The van der Waals surface area contributed by atoms with E-state index in [0.29, 0.717) is 0 Å².